The molecule has 208 valence electrons. The van der Waals surface area contributed by atoms with E-state index in [4.69, 9.17) is 9.15 Å². The van der Waals surface area contributed by atoms with Crippen LogP contribution in [-0.4, -0.2) is 36.9 Å². The van der Waals surface area contributed by atoms with E-state index in [0.29, 0.717) is 47.4 Å². The number of hydrogen-bond donors (Lipinski definition) is 2. The summed E-state index contributed by atoms with van der Waals surface area (Å²) in [6.45, 7) is 4.64. The number of ether oxygens (including phenoxy) is 1. The van der Waals surface area contributed by atoms with E-state index in [1.165, 1.54) is 6.26 Å². The van der Waals surface area contributed by atoms with Crippen LogP contribution >= 0.6 is 0 Å². The zero-order chi connectivity index (χ0) is 29.0. The van der Waals surface area contributed by atoms with Crippen LogP contribution in [0.4, 0.5) is 11.4 Å². The third kappa shape index (κ3) is 6.90. The van der Waals surface area contributed by atoms with E-state index in [9.17, 15) is 13.7 Å². The molecule has 41 heavy (non-hydrogen) atoms. The fraction of sp³-hybridized carbons (Fsp3) is 0.194. The van der Waals surface area contributed by atoms with Crippen molar-refractivity contribution in [1.82, 2.24) is 15.3 Å². The van der Waals surface area contributed by atoms with Crippen molar-refractivity contribution in [1.29, 1.82) is 5.26 Å². The molecule has 0 amide bonds. The minimum atomic E-state index is -3.03. The Balaban J connectivity index is 1.39. The molecule has 0 aliphatic rings. The van der Waals surface area contributed by atoms with E-state index in [0.717, 1.165) is 33.4 Å². The minimum Gasteiger partial charge on any atom is -0.460 e. The molecule has 9 nitrogen and oxygen atoms in total. The normalized spacial score (nSPS) is 11.4. The average molecular weight is 568 g/mol. The first-order valence-corrected chi connectivity index (χ1v) is 15.0. The molecule has 0 bridgehead atoms. The summed E-state index contributed by atoms with van der Waals surface area (Å²) in [5, 5.41) is 17.1. The molecule has 0 unspecified atom stereocenters. The number of nitrogens with zero attached hydrogens (tertiary/aromatic N) is 3. The minimum absolute atomic E-state index is 0.0642. The molecule has 5 rings (SSSR count). The first-order valence-electron chi connectivity index (χ1n) is 13.0. The van der Waals surface area contributed by atoms with Crippen molar-refractivity contribution in [2.24, 2.45) is 0 Å². The van der Waals surface area contributed by atoms with Gasteiger partial charge in [-0.1, -0.05) is 0 Å². The molecule has 2 aromatic carbocycles. The Morgan fingerprint density at radius 3 is 2.59 bits per heavy atom. The van der Waals surface area contributed by atoms with Crippen LogP contribution in [0.15, 0.2) is 77.5 Å². The molecular weight excluding hydrogens is 538 g/mol. The van der Waals surface area contributed by atoms with Gasteiger partial charge >= 0.3 is 0 Å². The molecule has 0 saturated carbocycles. The highest BCUT2D eigenvalue weighted by molar-refractivity contribution is 7.90. The lowest BCUT2D eigenvalue weighted by molar-refractivity contribution is 0.476. The molecular formula is C31H29N5O4S. The van der Waals surface area contributed by atoms with Crippen molar-refractivity contribution in [2.75, 3.05) is 23.9 Å². The van der Waals surface area contributed by atoms with Crippen LogP contribution in [-0.2, 0) is 16.4 Å². The molecule has 0 atom stereocenters. The van der Waals surface area contributed by atoms with Gasteiger partial charge in [0.25, 0.3) is 0 Å². The van der Waals surface area contributed by atoms with Crippen LogP contribution in [0, 0.1) is 25.2 Å². The fourth-order valence-corrected chi connectivity index (χ4v) is 4.81. The van der Waals surface area contributed by atoms with E-state index in [2.05, 4.69) is 26.7 Å². The Kier molecular flexibility index (Phi) is 8.01. The van der Waals surface area contributed by atoms with Crippen molar-refractivity contribution < 1.29 is 17.6 Å². The molecule has 10 heteroatoms. The molecule has 5 aromatic rings. The van der Waals surface area contributed by atoms with E-state index in [-0.39, 0.29) is 5.75 Å². The fourth-order valence-electron chi connectivity index (χ4n) is 4.29. The largest absolute Gasteiger partial charge is 0.460 e. The summed E-state index contributed by atoms with van der Waals surface area (Å²) in [5.41, 5.74) is 5.24. The van der Waals surface area contributed by atoms with Gasteiger partial charge in [-0.15, -0.1) is 0 Å². The summed E-state index contributed by atoms with van der Waals surface area (Å²) in [4.78, 5) is 8.75. The molecule has 3 heterocycles. The summed E-state index contributed by atoms with van der Waals surface area (Å²) in [6, 6.07) is 21.2. The van der Waals surface area contributed by atoms with E-state index in [1.807, 2.05) is 74.5 Å². The Bertz CT molecular complexity index is 1860. The molecule has 2 N–H and O–H groups in total. The van der Waals surface area contributed by atoms with Crippen LogP contribution in [0.25, 0.3) is 22.2 Å². The van der Waals surface area contributed by atoms with Crippen molar-refractivity contribution in [3.63, 3.8) is 0 Å². The van der Waals surface area contributed by atoms with Gasteiger partial charge in [-0.05, 0) is 80.1 Å². The van der Waals surface area contributed by atoms with Crippen molar-refractivity contribution in [2.45, 2.75) is 20.4 Å². The van der Waals surface area contributed by atoms with Crippen LogP contribution in [0.5, 0.6) is 11.5 Å². The molecule has 0 aliphatic carbocycles. The number of benzene rings is 2. The van der Waals surface area contributed by atoms with Crippen LogP contribution in [0.3, 0.4) is 0 Å². The lowest BCUT2D eigenvalue weighted by Gasteiger charge is -2.14. The summed E-state index contributed by atoms with van der Waals surface area (Å²) < 4.78 is 34.7. The summed E-state index contributed by atoms with van der Waals surface area (Å²) >= 11 is 0. The monoisotopic (exact) mass is 567 g/mol. The number of furan rings is 1. The second-order valence-electron chi connectivity index (χ2n) is 9.81. The zero-order valence-corrected chi connectivity index (χ0v) is 23.7. The first-order chi connectivity index (χ1) is 19.7. The standard InChI is InChI=1S/C31H29N5O4S/c1-20-14-24(6-10-29(20)39-26-7-4-21(2)34-19-26)36-31-23(16-32)17-35-28-9-5-22(15-27(28)31)30-11-8-25(40-30)18-33-12-13-41(3,37)38/h4-11,14-15,17,19,33H,12-13,18H2,1-3H3,(H,35,36). The lowest BCUT2D eigenvalue weighted by atomic mass is 10.0. The van der Waals surface area contributed by atoms with Crippen LogP contribution in [0.2, 0.25) is 0 Å². The Morgan fingerprint density at radius 2 is 1.85 bits per heavy atom. The Morgan fingerprint density at radius 1 is 1.00 bits per heavy atom. The highest BCUT2D eigenvalue weighted by Crippen LogP contribution is 2.34. The maximum Gasteiger partial charge on any atom is 0.148 e. The molecule has 0 radical (unpaired) electrons. The maximum absolute atomic E-state index is 11.3. The third-order valence-electron chi connectivity index (χ3n) is 6.44. The average Bonchev–Trinajstić information content (AvgIpc) is 3.42. The van der Waals surface area contributed by atoms with Gasteiger partial charge in [-0.3, -0.25) is 9.97 Å². The number of fused-ring (bicyclic) bond motifs is 1. The molecule has 0 saturated heterocycles. The van der Waals surface area contributed by atoms with Gasteiger partial charge < -0.3 is 19.8 Å². The quantitative estimate of drug-likeness (QED) is 0.194. The second-order valence-corrected chi connectivity index (χ2v) is 12.1. The number of anilines is 2. The van der Waals surface area contributed by atoms with Gasteiger partial charge in [-0.2, -0.15) is 5.26 Å². The van der Waals surface area contributed by atoms with Crippen LogP contribution in [0.1, 0.15) is 22.6 Å². The number of sulfone groups is 1. The van der Waals surface area contributed by atoms with E-state index < -0.39 is 9.84 Å². The SMILES string of the molecule is Cc1ccc(Oc2ccc(Nc3c(C#N)cnc4ccc(-c5ccc(CNCCS(C)(=O)=O)o5)cc34)cc2C)cn1. The molecule has 0 fully saturated rings. The van der Waals surface area contributed by atoms with E-state index in [1.54, 1.807) is 12.4 Å². The second kappa shape index (κ2) is 11.8. The van der Waals surface area contributed by atoms with Crippen LogP contribution < -0.4 is 15.4 Å². The van der Waals surface area contributed by atoms with Gasteiger partial charge in [0.2, 0.25) is 0 Å². The van der Waals surface area contributed by atoms with Gasteiger partial charge in [0.15, 0.2) is 0 Å². The topological polar surface area (TPSA) is 130 Å². The van der Waals surface area contributed by atoms with Crippen molar-refractivity contribution in [3.05, 3.63) is 95.6 Å². The smallest absolute Gasteiger partial charge is 0.148 e. The number of pyridine rings is 2. The highest BCUT2D eigenvalue weighted by Gasteiger charge is 2.14. The van der Waals surface area contributed by atoms with E-state index >= 15 is 0 Å². The molecule has 3 aromatic heterocycles. The predicted molar refractivity (Wildman–Crippen MR) is 159 cm³/mol. The zero-order valence-electron chi connectivity index (χ0n) is 22.9. The van der Waals surface area contributed by atoms with Crippen molar-refractivity contribution >= 4 is 32.1 Å². The predicted octanol–water partition coefficient (Wildman–Crippen LogP) is 6.05. The molecule has 0 aliphatic heterocycles. The van der Waals surface area contributed by atoms with Gasteiger partial charge in [0.05, 0.1) is 35.3 Å². The van der Waals surface area contributed by atoms with Gasteiger partial charge in [-0.25, -0.2) is 8.42 Å². The maximum atomic E-state index is 11.3. The Labute approximate surface area is 238 Å². The number of hydrogen-bond acceptors (Lipinski definition) is 9. The lowest BCUT2D eigenvalue weighted by Crippen LogP contribution is -2.21. The Hall–Kier alpha value is -4.72. The third-order valence-corrected chi connectivity index (χ3v) is 7.39. The highest BCUT2D eigenvalue weighted by atomic mass is 32.2. The van der Waals surface area contributed by atoms with Gasteiger partial charge in [0.1, 0.15) is 38.9 Å². The van der Waals surface area contributed by atoms with Crippen molar-refractivity contribution in [3.8, 4) is 28.9 Å². The van der Waals surface area contributed by atoms with Gasteiger partial charge in [0, 0.05) is 41.3 Å². The number of rotatable bonds is 10. The number of nitrogens with one attached hydrogen (secondary N) is 2. The number of aryl methyl sites for hydroxylation is 2. The number of nitriles is 1. The summed E-state index contributed by atoms with van der Waals surface area (Å²) in [7, 11) is -3.03. The first kappa shape index (κ1) is 27.8. The summed E-state index contributed by atoms with van der Waals surface area (Å²) in [5.74, 6) is 2.78. The summed E-state index contributed by atoms with van der Waals surface area (Å²) in [6.07, 6.45) is 4.47. The molecule has 0 spiro atoms. The number of aromatic nitrogens is 2.